The van der Waals surface area contributed by atoms with Crippen LogP contribution in [0.4, 0.5) is 0 Å². The average molecular weight is 362 g/mol. The fraction of sp³-hybridized carbons (Fsp3) is 0.0526. The lowest BCUT2D eigenvalue weighted by Gasteiger charge is -2.14. The van der Waals surface area contributed by atoms with Crippen molar-refractivity contribution >= 4 is 23.2 Å². The molecular weight excluding hydrogens is 345 g/mol. The van der Waals surface area contributed by atoms with E-state index in [4.69, 9.17) is 29.1 Å². The molecule has 0 spiro atoms. The Morgan fingerprint density at radius 2 is 1.12 bits per heavy atom. The first-order valence-corrected chi connectivity index (χ1v) is 7.97. The first kappa shape index (κ1) is 18.3. The molecule has 0 radical (unpaired) electrons. The summed E-state index contributed by atoms with van der Waals surface area (Å²) >= 11 is 12.0. The second kappa shape index (κ2) is 9.30. The van der Waals surface area contributed by atoms with E-state index in [1.54, 1.807) is 36.4 Å². The van der Waals surface area contributed by atoms with Gasteiger partial charge in [0, 0.05) is 21.2 Å². The Bertz CT molecular complexity index is 721. The Hall–Kier alpha value is -2.04. The maximum atomic E-state index is 10.2. The second-order valence-electron chi connectivity index (χ2n) is 4.88. The fourth-order valence-electron chi connectivity index (χ4n) is 2.06. The molecule has 124 valence electrons. The highest BCUT2D eigenvalue weighted by atomic mass is 35.5. The van der Waals surface area contributed by atoms with Crippen LogP contribution < -0.4 is 10.7 Å². The number of para-hydroxylation sites is 1. The average Bonchev–Trinajstić information content (AvgIpc) is 2.63. The molecule has 0 unspecified atom stereocenters. The van der Waals surface area contributed by atoms with Crippen LogP contribution in [-0.4, -0.2) is 5.11 Å². The Labute approximate surface area is 151 Å². The van der Waals surface area contributed by atoms with E-state index < -0.39 is 6.10 Å². The largest absolute Gasteiger partial charge is 0.412 e. The fourth-order valence-corrected chi connectivity index (χ4v) is 2.54. The van der Waals surface area contributed by atoms with Crippen LogP contribution in [0.25, 0.3) is 0 Å². The minimum Gasteiger partial charge on any atom is -0.412 e. The summed E-state index contributed by atoms with van der Waals surface area (Å²) in [5.41, 5.74) is 1.33. The van der Waals surface area contributed by atoms with Gasteiger partial charge in [0.1, 0.15) is 11.9 Å². The van der Waals surface area contributed by atoms with E-state index in [-0.39, 0.29) is 0 Å². The molecule has 24 heavy (non-hydrogen) atoms. The molecule has 0 bridgehead atoms. The van der Waals surface area contributed by atoms with Crippen LogP contribution in [0.1, 0.15) is 17.2 Å². The third-order valence-corrected chi connectivity index (χ3v) is 3.97. The number of halogens is 2. The lowest BCUT2D eigenvalue weighted by molar-refractivity contribution is 0.220. The second-order valence-corrected chi connectivity index (χ2v) is 5.69. The SMILES string of the molecule is NOc1ccccc1.OC(c1ccccc1Cl)c1ccccc1Cl. The molecule has 0 aliphatic rings. The molecule has 0 atom stereocenters. The third kappa shape index (κ3) is 4.98. The molecule has 3 aromatic rings. The van der Waals surface area contributed by atoms with E-state index in [0.717, 1.165) is 0 Å². The number of rotatable bonds is 3. The minimum atomic E-state index is -0.789. The summed E-state index contributed by atoms with van der Waals surface area (Å²) in [5.74, 6) is 5.54. The molecule has 3 nitrogen and oxygen atoms in total. The van der Waals surface area contributed by atoms with Crippen molar-refractivity contribution in [1.82, 2.24) is 0 Å². The normalized spacial score (nSPS) is 10.0. The highest BCUT2D eigenvalue weighted by Gasteiger charge is 2.15. The van der Waals surface area contributed by atoms with Crippen molar-refractivity contribution in [3.8, 4) is 5.75 Å². The molecule has 3 N–H and O–H groups in total. The zero-order valence-corrected chi connectivity index (χ0v) is 14.3. The Kier molecular flexibility index (Phi) is 7.09. The van der Waals surface area contributed by atoms with Gasteiger partial charge < -0.3 is 9.94 Å². The number of benzene rings is 3. The number of hydrogen-bond donors (Lipinski definition) is 2. The van der Waals surface area contributed by atoms with Gasteiger partial charge >= 0.3 is 0 Å². The molecular formula is C19H17Cl2NO2. The number of aliphatic hydroxyl groups excluding tert-OH is 1. The van der Waals surface area contributed by atoms with E-state index in [1.165, 1.54) is 0 Å². The maximum Gasteiger partial charge on any atom is 0.146 e. The van der Waals surface area contributed by atoms with Crippen molar-refractivity contribution in [3.05, 3.63) is 100 Å². The Balaban J connectivity index is 0.000000219. The topological polar surface area (TPSA) is 55.5 Å². The predicted octanol–water partition coefficient (Wildman–Crippen LogP) is 5.01. The first-order chi connectivity index (χ1) is 11.6. The third-order valence-electron chi connectivity index (χ3n) is 3.28. The van der Waals surface area contributed by atoms with Gasteiger partial charge in [-0.1, -0.05) is 77.8 Å². The summed E-state index contributed by atoms with van der Waals surface area (Å²) in [7, 11) is 0. The molecule has 0 heterocycles. The molecule has 3 rings (SSSR count). The van der Waals surface area contributed by atoms with E-state index in [1.807, 2.05) is 42.5 Å². The van der Waals surface area contributed by atoms with E-state index in [2.05, 4.69) is 4.84 Å². The van der Waals surface area contributed by atoms with Crippen LogP contribution >= 0.6 is 23.2 Å². The van der Waals surface area contributed by atoms with Gasteiger partial charge in [-0.3, -0.25) is 0 Å². The molecule has 0 amide bonds. The van der Waals surface area contributed by atoms with Gasteiger partial charge in [0.25, 0.3) is 0 Å². The standard InChI is InChI=1S/C13H10Cl2O.C6H7NO/c14-11-7-3-1-5-9(11)13(16)10-6-2-4-8-12(10)15;7-8-6-4-2-1-3-5-6/h1-8,13,16H;1-5H,7H2. The van der Waals surface area contributed by atoms with Gasteiger partial charge in [-0.05, 0) is 24.3 Å². The summed E-state index contributed by atoms with van der Waals surface area (Å²) < 4.78 is 0. The quantitative estimate of drug-likeness (QED) is 0.644. The minimum absolute atomic E-state index is 0.537. The molecule has 0 aliphatic heterocycles. The highest BCUT2D eigenvalue weighted by Crippen LogP contribution is 2.31. The van der Waals surface area contributed by atoms with E-state index >= 15 is 0 Å². The van der Waals surface area contributed by atoms with Gasteiger partial charge in [0.2, 0.25) is 0 Å². The number of aliphatic hydroxyl groups is 1. The van der Waals surface area contributed by atoms with Gasteiger partial charge in [-0.25, -0.2) is 0 Å². The smallest absolute Gasteiger partial charge is 0.146 e. The molecule has 5 heteroatoms. The van der Waals surface area contributed by atoms with Gasteiger partial charge in [0.15, 0.2) is 0 Å². The molecule has 0 saturated carbocycles. The molecule has 3 aromatic carbocycles. The lowest BCUT2D eigenvalue weighted by atomic mass is 10.0. The van der Waals surface area contributed by atoms with Crippen LogP contribution in [0.2, 0.25) is 10.0 Å². The van der Waals surface area contributed by atoms with Crippen LogP contribution in [0.5, 0.6) is 5.75 Å². The monoisotopic (exact) mass is 361 g/mol. The van der Waals surface area contributed by atoms with Crippen LogP contribution in [0, 0.1) is 0 Å². The summed E-state index contributed by atoms with van der Waals surface area (Å²) in [6, 6.07) is 23.6. The number of nitrogens with two attached hydrogens (primary N) is 1. The predicted molar refractivity (Wildman–Crippen MR) is 98.2 cm³/mol. The van der Waals surface area contributed by atoms with E-state index in [9.17, 15) is 5.11 Å². The summed E-state index contributed by atoms with van der Waals surface area (Å²) in [4.78, 5) is 4.41. The zero-order valence-electron chi connectivity index (χ0n) is 12.8. The summed E-state index contributed by atoms with van der Waals surface area (Å²) in [6.45, 7) is 0. The van der Waals surface area contributed by atoms with Gasteiger partial charge in [-0.2, -0.15) is 5.90 Å². The van der Waals surface area contributed by atoms with Crippen molar-refractivity contribution in [2.45, 2.75) is 6.10 Å². The molecule has 0 saturated heterocycles. The van der Waals surface area contributed by atoms with E-state index in [0.29, 0.717) is 26.9 Å². The van der Waals surface area contributed by atoms with Crippen molar-refractivity contribution in [3.63, 3.8) is 0 Å². The molecule has 0 fully saturated rings. The van der Waals surface area contributed by atoms with Crippen LogP contribution in [-0.2, 0) is 0 Å². The zero-order chi connectivity index (χ0) is 17.4. The summed E-state index contributed by atoms with van der Waals surface area (Å²) in [5, 5.41) is 11.3. The van der Waals surface area contributed by atoms with Crippen molar-refractivity contribution < 1.29 is 9.94 Å². The van der Waals surface area contributed by atoms with Crippen molar-refractivity contribution in [2.75, 3.05) is 0 Å². The summed E-state index contributed by atoms with van der Waals surface area (Å²) in [6.07, 6.45) is -0.789. The Morgan fingerprint density at radius 3 is 1.50 bits per heavy atom. The maximum absolute atomic E-state index is 10.2. The van der Waals surface area contributed by atoms with Crippen LogP contribution in [0.15, 0.2) is 78.9 Å². The number of hydrogen-bond acceptors (Lipinski definition) is 3. The lowest BCUT2D eigenvalue weighted by Crippen LogP contribution is -2.00. The van der Waals surface area contributed by atoms with Crippen molar-refractivity contribution in [2.24, 2.45) is 5.90 Å². The van der Waals surface area contributed by atoms with Gasteiger partial charge in [-0.15, -0.1) is 0 Å². The van der Waals surface area contributed by atoms with Gasteiger partial charge in [0.05, 0.1) is 0 Å². The van der Waals surface area contributed by atoms with Crippen molar-refractivity contribution in [1.29, 1.82) is 0 Å². The first-order valence-electron chi connectivity index (χ1n) is 7.22. The highest BCUT2D eigenvalue weighted by molar-refractivity contribution is 6.32. The molecule has 0 aromatic heterocycles. The van der Waals surface area contributed by atoms with Crippen LogP contribution in [0.3, 0.4) is 0 Å². The Morgan fingerprint density at radius 1 is 0.708 bits per heavy atom. The molecule has 0 aliphatic carbocycles.